The van der Waals surface area contributed by atoms with Gasteiger partial charge in [-0.05, 0) is 24.6 Å². The summed E-state index contributed by atoms with van der Waals surface area (Å²) in [4.78, 5) is 22.6. The van der Waals surface area contributed by atoms with Gasteiger partial charge in [0.2, 0.25) is 0 Å². The van der Waals surface area contributed by atoms with Gasteiger partial charge in [-0.1, -0.05) is 36.5 Å². The molecule has 0 aliphatic rings. The Morgan fingerprint density at radius 3 is 2.32 bits per heavy atom. The number of nitrogens with one attached hydrogen (secondary N) is 2. The molecule has 1 aromatic rings. The molecule has 1 rings (SSSR count). The Labute approximate surface area is 120 Å². The number of aliphatic carboxylic acids is 1. The molecule has 0 aromatic heterocycles. The van der Waals surface area contributed by atoms with Crippen molar-refractivity contribution in [3.05, 3.63) is 28.2 Å². The molecule has 0 heterocycles. The summed E-state index contributed by atoms with van der Waals surface area (Å²) in [6, 6.07) is 3.04. The standard InChI is InChI=1S/C12H14Cl2N2O3/c1-2-3-10(11(17)18)16-12(19)15-9-5-7(13)4-8(14)6-9/h4-6,10H,2-3H2,1H3,(H,17,18)(H2,15,16,19)/t10-/m1/s1. The predicted octanol–water partition coefficient (Wildman–Crippen LogP) is 3.37. The van der Waals surface area contributed by atoms with Gasteiger partial charge in [0.05, 0.1) is 0 Å². The SMILES string of the molecule is CCC[C@@H](NC(=O)Nc1cc(Cl)cc(Cl)c1)C(=O)O. The number of amides is 2. The Hall–Kier alpha value is -1.46. The van der Waals surface area contributed by atoms with E-state index >= 15 is 0 Å². The average molecular weight is 305 g/mol. The largest absolute Gasteiger partial charge is 0.480 e. The van der Waals surface area contributed by atoms with Gasteiger partial charge in [-0.3, -0.25) is 0 Å². The zero-order chi connectivity index (χ0) is 14.4. The third-order valence-corrected chi connectivity index (χ3v) is 2.74. The van der Waals surface area contributed by atoms with E-state index in [4.69, 9.17) is 28.3 Å². The Morgan fingerprint density at radius 1 is 1.26 bits per heavy atom. The molecule has 0 radical (unpaired) electrons. The minimum atomic E-state index is -1.07. The molecule has 0 spiro atoms. The van der Waals surface area contributed by atoms with Crippen molar-refractivity contribution in [3.63, 3.8) is 0 Å². The van der Waals surface area contributed by atoms with Crippen LogP contribution < -0.4 is 10.6 Å². The van der Waals surface area contributed by atoms with E-state index < -0.39 is 18.0 Å². The van der Waals surface area contributed by atoms with E-state index in [1.807, 2.05) is 6.92 Å². The van der Waals surface area contributed by atoms with Crippen molar-refractivity contribution in [2.45, 2.75) is 25.8 Å². The normalized spacial score (nSPS) is 11.7. The Kier molecular flexibility index (Phi) is 5.92. The van der Waals surface area contributed by atoms with Gasteiger partial charge >= 0.3 is 12.0 Å². The summed E-state index contributed by atoms with van der Waals surface area (Å²) in [5, 5.41) is 14.5. The second-order valence-electron chi connectivity index (χ2n) is 3.94. The van der Waals surface area contributed by atoms with Gasteiger partial charge in [-0.2, -0.15) is 0 Å². The van der Waals surface area contributed by atoms with Crippen molar-refractivity contribution in [1.29, 1.82) is 0 Å². The maximum Gasteiger partial charge on any atom is 0.326 e. The maximum absolute atomic E-state index is 11.7. The molecule has 0 unspecified atom stereocenters. The number of benzene rings is 1. The van der Waals surface area contributed by atoms with Crippen LogP contribution in [0.2, 0.25) is 10.0 Å². The highest BCUT2D eigenvalue weighted by atomic mass is 35.5. The van der Waals surface area contributed by atoms with E-state index in [-0.39, 0.29) is 0 Å². The van der Waals surface area contributed by atoms with Crippen LogP contribution in [-0.2, 0) is 4.79 Å². The average Bonchev–Trinajstić information content (AvgIpc) is 2.26. The molecule has 0 saturated carbocycles. The molecule has 1 atom stereocenters. The van der Waals surface area contributed by atoms with Crippen molar-refractivity contribution in [2.75, 3.05) is 5.32 Å². The third-order valence-electron chi connectivity index (χ3n) is 2.30. The number of hydrogen-bond donors (Lipinski definition) is 3. The first-order valence-corrected chi connectivity index (χ1v) is 6.44. The zero-order valence-corrected chi connectivity index (χ0v) is 11.8. The summed E-state index contributed by atoms with van der Waals surface area (Å²) >= 11 is 11.6. The lowest BCUT2D eigenvalue weighted by molar-refractivity contribution is -0.139. The monoisotopic (exact) mass is 304 g/mol. The smallest absolute Gasteiger partial charge is 0.326 e. The third kappa shape index (κ3) is 5.36. The van der Waals surface area contributed by atoms with Crippen LogP contribution in [0, 0.1) is 0 Å². The number of carbonyl (C=O) groups is 2. The van der Waals surface area contributed by atoms with Crippen molar-refractivity contribution in [3.8, 4) is 0 Å². The van der Waals surface area contributed by atoms with E-state index in [1.165, 1.54) is 18.2 Å². The first kappa shape index (κ1) is 15.6. The summed E-state index contributed by atoms with van der Waals surface area (Å²) in [6.45, 7) is 1.84. The van der Waals surface area contributed by atoms with Gasteiger partial charge in [-0.25, -0.2) is 9.59 Å². The molecule has 104 valence electrons. The first-order chi connectivity index (χ1) is 8.92. The van der Waals surface area contributed by atoms with Crippen LogP contribution in [0.15, 0.2) is 18.2 Å². The molecule has 2 amide bonds. The first-order valence-electron chi connectivity index (χ1n) is 5.68. The molecule has 5 nitrogen and oxygen atoms in total. The molecule has 3 N–H and O–H groups in total. The number of hydrogen-bond acceptors (Lipinski definition) is 2. The van der Waals surface area contributed by atoms with Gasteiger partial charge in [0.1, 0.15) is 6.04 Å². The van der Waals surface area contributed by atoms with E-state index in [0.717, 1.165) is 0 Å². The maximum atomic E-state index is 11.7. The predicted molar refractivity (Wildman–Crippen MR) is 74.9 cm³/mol. The van der Waals surface area contributed by atoms with E-state index in [1.54, 1.807) is 0 Å². The highest BCUT2D eigenvalue weighted by Crippen LogP contribution is 2.22. The molecule has 7 heteroatoms. The fourth-order valence-electron chi connectivity index (χ4n) is 1.50. The van der Waals surface area contributed by atoms with Crippen LogP contribution >= 0.6 is 23.2 Å². The van der Waals surface area contributed by atoms with E-state index in [2.05, 4.69) is 10.6 Å². The van der Waals surface area contributed by atoms with Crippen LogP contribution in [0.5, 0.6) is 0 Å². The van der Waals surface area contributed by atoms with Gasteiger partial charge in [0.25, 0.3) is 0 Å². The number of carboxylic acids is 1. The molecule has 0 fully saturated rings. The Bertz CT molecular complexity index is 460. The van der Waals surface area contributed by atoms with Crippen LogP contribution in [0.25, 0.3) is 0 Å². The topological polar surface area (TPSA) is 78.4 Å². The number of carboxylic acid groups (broad SMARTS) is 1. The zero-order valence-electron chi connectivity index (χ0n) is 10.2. The summed E-state index contributed by atoms with van der Waals surface area (Å²) in [5.41, 5.74) is 0.399. The van der Waals surface area contributed by atoms with Crippen molar-refractivity contribution >= 4 is 40.9 Å². The second kappa shape index (κ2) is 7.21. The second-order valence-corrected chi connectivity index (χ2v) is 4.81. The van der Waals surface area contributed by atoms with E-state index in [9.17, 15) is 9.59 Å². The summed E-state index contributed by atoms with van der Waals surface area (Å²) in [6.07, 6.45) is 1.01. The Balaban J connectivity index is 2.66. The molecular weight excluding hydrogens is 291 g/mol. The number of anilines is 1. The Morgan fingerprint density at radius 2 is 1.84 bits per heavy atom. The number of rotatable bonds is 5. The van der Waals surface area contributed by atoms with Crippen molar-refractivity contribution in [2.24, 2.45) is 0 Å². The van der Waals surface area contributed by atoms with Gasteiger partial charge in [0, 0.05) is 15.7 Å². The number of carbonyl (C=O) groups excluding carboxylic acids is 1. The molecule has 0 aliphatic carbocycles. The van der Waals surface area contributed by atoms with E-state index in [0.29, 0.717) is 28.6 Å². The van der Waals surface area contributed by atoms with Gasteiger partial charge < -0.3 is 15.7 Å². The molecule has 0 bridgehead atoms. The molecule has 19 heavy (non-hydrogen) atoms. The number of halogens is 2. The molecule has 1 aromatic carbocycles. The minimum Gasteiger partial charge on any atom is -0.480 e. The lowest BCUT2D eigenvalue weighted by atomic mass is 10.2. The summed E-state index contributed by atoms with van der Waals surface area (Å²) < 4.78 is 0. The highest BCUT2D eigenvalue weighted by Gasteiger charge is 2.18. The minimum absolute atomic E-state index is 0.360. The molecule has 0 aliphatic heterocycles. The van der Waals surface area contributed by atoms with Crippen molar-refractivity contribution in [1.82, 2.24) is 5.32 Å². The summed E-state index contributed by atoms with van der Waals surface area (Å²) in [7, 11) is 0. The van der Waals surface area contributed by atoms with Gasteiger partial charge in [-0.15, -0.1) is 0 Å². The highest BCUT2D eigenvalue weighted by molar-refractivity contribution is 6.35. The molecule has 0 saturated heterocycles. The van der Waals surface area contributed by atoms with Crippen molar-refractivity contribution < 1.29 is 14.7 Å². The summed E-state index contributed by atoms with van der Waals surface area (Å²) in [5.74, 6) is -1.07. The van der Waals surface area contributed by atoms with Crippen LogP contribution in [-0.4, -0.2) is 23.1 Å². The van der Waals surface area contributed by atoms with Crippen LogP contribution in [0.3, 0.4) is 0 Å². The number of urea groups is 1. The quantitative estimate of drug-likeness (QED) is 0.780. The lowest BCUT2D eigenvalue weighted by Gasteiger charge is -2.14. The van der Waals surface area contributed by atoms with Gasteiger partial charge in [0.15, 0.2) is 0 Å². The van der Waals surface area contributed by atoms with Crippen LogP contribution in [0.4, 0.5) is 10.5 Å². The lowest BCUT2D eigenvalue weighted by Crippen LogP contribution is -2.42. The fourth-order valence-corrected chi connectivity index (χ4v) is 2.02. The fraction of sp³-hybridized carbons (Fsp3) is 0.333. The molecular formula is C12H14Cl2N2O3. The van der Waals surface area contributed by atoms with Crippen LogP contribution in [0.1, 0.15) is 19.8 Å².